The highest BCUT2D eigenvalue weighted by molar-refractivity contribution is 5.79. The third-order valence-electron chi connectivity index (χ3n) is 2.23. The van der Waals surface area contributed by atoms with Crippen LogP contribution in [0.25, 0.3) is 0 Å². The Morgan fingerprint density at radius 1 is 1.67 bits per heavy atom. The largest absolute Gasteiger partial charge is 0.391 e. The number of aromatic nitrogens is 2. The van der Waals surface area contributed by atoms with Crippen molar-refractivity contribution < 1.29 is 9.90 Å². The normalized spacial score (nSPS) is 10.4. The lowest BCUT2D eigenvalue weighted by Crippen LogP contribution is -2.32. The summed E-state index contributed by atoms with van der Waals surface area (Å²) in [7, 11) is 3.50. The first kappa shape index (κ1) is 11.5. The Labute approximate surface area is 88.3 Å². The Morgan fingerprint density at radius 3 is 2.73 bits per heavy atom. The van der Waals surface area contributed by atoms with Gasteiger partial charge in [-0.05, 0) is 6.92 Å². The minimum Gasteiger partial charge on any atom is -0.391 e. The number of amides is 1. The molecule has 0 unspecified atom stereocenters. The van der Waals surface area contributed by atoms with E-state index in [1.807, 2.05) is 6.92 Å². The number of rotatable bonds is 4. The molecule has 1 aromatic rings. The molecule has 0 aliphatic carbocycles. The molecule has 0 atom stereocenters. The number of carbonyl (C=O) groups is 1. The summed E-state index contributed by atoms with van der Waals surface area (Å²) in [4.78, 5) is 12.5. The van der Waals surface area contributed by atoms with Gasteiger partial charge in [-0.25, -0.2) is 0 Å². The quantitative estimate of drug-likeness (QED) is 0.680. The Morgan fingerprint density at radius 2 is 2.27 bits per heavy atom. The van der Waals surface area contributed by atoms with Crippen LogP contribution in [0.3, 0.4) is 0 Å². The summed E-state index contributed by atoms with van der Waals surface area (Å²) < 4.78 is 1.63. The summed E-state index contributed by atoms with van der Waals surface area (Å²) in [5.41, 5.74) is 6.59. The predicted molar refractivity (Wildman–Crippen MR) is 56.3 cm³/mol. The molecule has 1 aromatic heterocycles. The van der Waals surface area contributed by atoms with Gasteiger partial charge < -0.3 is 15.7 Å². The fourth-order valence-corrected chi connectivity index (χ4v) is 1.66. The highest BCUT2D eigenvalue weighted by Gasteiger charge is 2.16. The van der Waals surface area contributed by atoms with Crippen LogP contribution in [-0.2, 0) is 18.4 Å². The van der Waals surface area contributed by atoms with E-state index in [4.69, 9.17) is 5.73 Å². The molecule has 6 heteroatoms. The SMILES string of the molecule is Cc1nn(C)c(N(C)CC(N)=O)c1CO. The summed E-state index contributed by atoms with van der Waals surface area (Å²) in [6.45, 7) is 1.82. The van der Waals surface area contributed by atoms with Gasteiger partial charge in [0.15, 0.2) is 0 Å². The van der Waals surface area contributed by atoms with E-state index < -0.39 is 5.91 Å². The van der Waals surface area contributed by atoms with Gasteiger partial charge in [-0.1, -0.05) is 0 Å². The average Bonchev–Trinajstić information content (AvgIpc) is 2.38. The van der Waals surface area contributed by atoms with E-state index in [9.17, 15) is 9.90 Å². The van der Waals surface area contributed by atoms with E-state index in [1.165, 1.54) is 0 Å². The lowest BCUT2D eigenvalue weighted by Gasteiger charge is -2.18. The molecule has 0 radical (unpaired) electrons. The van der Waals surface area contributed by atoms with Crippen LogP contribution in [0.1, 0.15) is 11.3 Å². The number of nitrogens with two attached hydrogens (primary N) is 1. The molecule has 84 valence electrons. The first-order chi connectivity index (χ1) is 6.97. The van der Waals surface area contributed by atoms with E-state index in [0.29, 0.717) is 5.82 Å². The molecule has 15 heavy (non-hydrogen) atoms. The van der Waals surface area contributed by atoms with Crippen LogP contribution in [0.2, 0.25) is 0 Å². The zero-order valence-corrected chi connectivity index (χ0v) is 9.19. The lowest BCUT2D eigenvalue weighted by molar-refractivity contribution is -0.116. The number of aliphatic hydroxyl groups excluding tert-OH is 1. The molecular weight excluding hydrogens is 196 g/mol. The Bertz CT molecular complexity index is 372. The molecule has 0 saturated heterocycles. The molecule has 6 nitrogen and oxygen atoms in total. The van der Waals surface area contributed by atoms with E-state index in [0.717, 1.165) is 11.3 Å². The molecule has 1 heterocycles. The van der Waals surface area contributed by atoms with Gasteiger partial charge in [-0.2, -0.15) is 5.10 Å². The van der Waals surface area contributed by atoms with Gasteiger partial charge >= 0.3 is 0 Å². The summed E-state index contributed by atoms with van der Waals surface area (Å²) in [5.74, 6) is 0.300. The Hall–Kier alpha value is -1.56. The van der Waals surface area contributed by atoms with E-state index in [-0.39, 0.29) is 13.2 Å². The molecule has 0 bridgehead atoms. The molecule has 0 aromatic carbocycles. The second-order valence-corrected chi connectivity index (χ2v) is 3.49. The number of carbonyl (C=O) groups excluding carboxylic acids is 1. The van der Waals surface area contributed by atoms with E-state index in [1.54, 1.807) is 23.7 Å². The van der Waals surface area contributed by atoms with Crippen molar-refractivity contribution in [2.24, 2.45) is 12.8 Å². The maximum Gasteiger partial charge on any atom is 0.236 e. The van der Waals surface area contributed by atoms with Crippen molar-refractivity contribution in [3.05, 3.63) is 11.3 Å². The van der Waals surface area contributed by atoms with Crippen LogP contribution < -0.4 is 10.6 Å². The second-order valence-electron chi connectivity index (χ2n) is 3.49. The van der Waals surface area contributed by atoms with Crippen LogP contribution in [0.15, 0.2) is 0 Å². The summed E-state index contributed by atoms with van der Waals surface area (Å²) >= 11 is 0. The highest BCUT2D eigenvalue weighted by Crippen LogP contribution is 2.21. The minimum atomic E-state index is -0.416. The van der Waals surface area contributed by atoms with Crippen molar-refractivity contribution in [3.8, 4) is 0 Å². The van der Waals surface area contributed by atoms with Gasteiger partial charge in [0.25, 0.3) is 0 Å². The van der Waals surface area contributed by atoms with Crippen LogP contribution in [0, 0.1) is 6.92 Å². The van der Waals surface area contributed by atoms with Crippen LogP contribution in [0.4, 0.5) is 5.82 Å². The monoisotopic (exact) mass is 212 g/mol. The smallest absolute Gasteiger partial charge is 0.236 e. The Kier molecular flexibility index (Phi) is 3.31. The molecular formula is C9H16N4O2. The fourth-order valence-electron chi connectivity index (χ4n) is 1.66. The topological polar surface area (TPSA) is 84.4 Å². The molecule has 0 saturated carbocycles. The number of hydrogen-bond donors (Lipinski definition) is 2. The van der Waals surface area contributed by atoms with E-state index in [2.05, 4.69) is 5.10 Å². The number of primary amides is 1. The fraction of sp³-hybridized carbons (Fsp3) is 0.556. The number of aliphatic hydroxyl groups is 1. The Balaban J connectivity index is 3.06. The van der Waals surface area contributed by atoms with Gasteiger partial charge in [-0.3, -0.25) is 9.48 Å². The van der Waals surface area contributed by atoms with Crippen LogP contribution >= 0.6 is 0 Å². The number of anilines is 1. The van der Waals surface area contributed by atoms with E-state index >= 15 is 0 Å². The molecule has 0 aliphatic heterocycles. The van der Waals surface area contributed by atoms with Gasteiger partial charge in [0.1, 0.15) is 5.82 Å². The molecule has 0 spiro atoms. The van der Waals surface area contributed by atoms with Gasteiger partial charge in [0.05, 0.1) is 18.8 Å². The molecule has 1 amide bonds. The number of hydrogen-bond acceptors (Lipinski definition) is 4. The lowest BCUT2D eigenvalue weighted by atomic mass is 10.2. The maximum atomic E-state index is 10.8. The number of likely N-dealkylation sites (N-methyl/N-ethyl adjacent to an activating group) is 1. The van der Waals surface area contributed by atoms with Gasteiger partial charge in [0, 0.05) is 19.7 Å². The number of nitrogens with zero attached hydrogens (tertiary/aromatic N) is 3. The van der Waals surface area contributed by atoms with Crippen molar-refractivity contribution in [2.75, 3.05) is 18.5 Å². The third kappa shape index (κ3) is 2.27. The minimum absolute atomic E-state index is 0.0991. The van der Waals surface area contributed by atoms with Crippen molar-refractivity contribution in [1.29, 1.82) is 0 Å². The van der Waals surface area contributed by atoms with Crippen molar-refractivity contribution >= 4 is 11.7 Å². The van der Waals surface area contributed by atoms with Crippen LogP contribution in [-0.4, -0.2) is 34.4 Å². The zero-order valence-electron chi connectivity index (χ0n) is 9.19. The summed E-state index contributed by atoms with van der Waals surface area (Å²) in [6.07, 6.45) is 0. The first-order valence-corrected chi connectivity index (χ1v) is 4.60. The van der Waals surface area contributed by atoms with Crippen LogP contribution in [0.5, 0.6) is 0 Å². The van der Waals surface area contributed by atoms with Crippen molar-refractivity contribution in [1.82, 2.24) is 9.78 Å². The molecule has 0 aliphatic rings. The second kappa shape index (κ2) is 4.31. The standard InChI is InChI=1S/C9H16N4O2/c1-6-7(5-14)9(13(3)11-6)12(2)4-8(10)15/h14H,4-5H2,1-3H3,(H2,10,15). The highest BCUT2D eigenvalue weighted by atomic mass is 16.3. The molecule has 0 fully saturated rings. The van der Waals surface area contributed by atoms with Gasteiger partial charge in [0.2, 0.25) is 5.91 Å². The summed E-state index contributed by atoms with van der Waals surface area (Å²) in [6, 6.07) is 0. The molecule has 3 N–H and O–H groups in total. The predicted octanol–water partition coefficient (Wildman–Crippen LogP) is -0.858. The number of aryl methyl sites for hydroxylation is 2. The first-order valence-electron chi connectivity index (χ1n) is 4.60. The third-order valence-corrected chi connectivity index (χ3v) is 2.23. The zero-order chi connectivity index (χ0) is 11.6. The summed E-state index contributed by atoms with van der Waals surface area (Å²) in [5, 5.41) is 13.4. The molecule has 1 rings (SSSR count). The average molecular weight is 212 g/mol. The van der Waals surface area contributed by atoms with Crippen molar-refractivity contribution in [2.45, 2.75) is 13.5 Å². The maximum absolute atomic E-state index is 10.8. The van der Waals surface area contributed by atoms with Gasteiger partial charge in [-0.15, -0.1) is 0 Å². The van der Waals surface area contributed by atoms with Crippen molar-refractivity contribution in [3.63, 3.8) is 0 Å².